The zero-order chi connectivity index (χ0) is 26.6. The minimum atomic E-state index is -0.748. The summed E-state index contributed by atoms with van der Waals surface area (Å²) in [5.41, 5.74) is 3.48. The van der Waals surface area contributed by atoms with Gasteiger partial charge in [0, 0.05) is 36.0 Å². The van der Waals surface area contributed by atoms with Crippen molar-refractivity contribution in [3.8, 4) is 22.6 Å². The van der Waals surface area contributed by atoms with E-state index in [4.69, 9.17) is 14.7 Å². The molecule has 9 heteroatoms. The fourth-order valence-corrected chi connectivity index (χ4v) is 4.38. The molecule has 1 aliphatic heterocycles. The smallest absolute Gasteiger partial charge is 0.309 e. The second-order valence-corrected chi connectivity index (χ2v) is 9.42. The molecule has 2 aromatic carbocycles. The van der Waals surface area contributed by atoms with Crippen LogP contribution in [0.1, 0.15) is 38.4 Å². The lowest BCUT2D eigenvalue weighted by molar-refractivity contribution is -0.156. The second kappa shape index (κ2) is 10.9. The maximum Gasteiger partial charge on any atom is 0.309 e. The first-order valence-corrected chi connectivity index (χ1v) is 12.5. The normalized spacial score (nSPS) is 17.7. The number of nitrogens with zero attached hydrogens (tertiary/aromatic N) is 4. The van der Waals surface area contributed by atoms with Gasteiger partial charge in [-0.1, -0.05) is 32.0 Å². The number of aromatic nitrogens is 4. The molecule has 194 valence electrons. The third-order valence-electron chi connectivity index (χ3n) is 6.14. The van der Waals surface area contributed by atoms with Gasteiger partial charge in [0.15, 0.2) is 0 Å². The molecule has 0 spiro atoms. The molecule has 2 atom stereocenters. The lowest BCUT2D eigenvalue weighted by atomic mass is 10.1. The minimum absolute atomic E-state index is 0.00923. The maximum atomic E-state index is 13.8. The summed E-state index contributed by atoms with van der Waals surface area (Å²) in [5, 5.41) is 13.2. The van der Waals surface area contributed by atoms with Crippen LogP contribution in [0, 0.1) is 5.82 Å². The quantitative estimate of drug-likeness (QED) is 0.312. The number of halogens is 1. The number of aliphatic hydroxyl groups excluding tert-OH is 1. The zero-order valence-corrected chi connectivity index (χ0v) is 21.1. The highest BCUT2D eigenvalue weighted by molar-refractivity contribution is 5.80. The summed E-state index contributed by atoms with van der Waals surface area (Å²) in [6, 6.07) is 17.6. The maximum absolute atomic E-state index is 13.8. The molecule has 0 radical (unpaired) electrons. The number of hydrogen-bond donors (Lipinski definition) is 2. The Kier molecular flexibility index (Phi) is 7.28. The van der Waals surface area contributed by atoms with Crippen LogP contribution in [0.4, 0.5) is 16.0 Å². The fourth-order valence-electron chi connectivity index (χ4n) is 4.38. The second-order valence-electron chi connectivity index (χ2n) is 9.42. The number of esters is 1. The van der Waals surface area contributed by atoms with Gasteiger partial charge in [-0.05, 0) is 48.5 Å². The van der Waals surface area contributed by atoms with Crippen molar-refractivity contribution in [2.45, 2.75) is 44.8 Å². The van der Waals surface area contributed by atoms with Crippen LogP contribution in [0.15, 0.2) is 72.9 Å². The summed E-state index contributed by atoms with van der Waals surface area (Å²) in [6.45, 7) is 4.05. The number of benzene rings is 2. The first kappa shape index (κ1) is 25.3. The number of rotatable bonds is 7. The predicted molar refractivity (Wildman–Crippen MR) is 143 cm³/mol. The molecule has 1 aliphatic rings. The van der Waals surface area contributed by atoms with Crippen LogP contribution in [0.2, 0.25) is 0 Å². The molecule has 2 aromatic heterocycles. The SMILES string of the molecule is CC(C)c1nc(-c2ccnc(Nc3ccccc3)n2)c(-c2ccc(F)cc2)n1/C=C/C1CC(O)CC(=O)O1. The number of carbonyl (C=O) groups excluding carboxylic acids is 1. The van der Waals surface area contributed by atoms with Gasteiger partial charge in [-0.15, -0.1) is 0 Å². The zero-order valence-electron chi connectivity index (χ0n) is 21.1. The molecule has 0 saturated carbocycles. The Morgan fingerprint density at radius 1 is 1.11 bits per heavy atom. The molecular weight excluding hydrogens is 485 g/mol. The van der Waals surface area contributed by atoms with E-state index in [9.17, 15) is 14.3 Å². The first-order chi connectivity index (χ1) is 18.4. The van der Waals surface area contributed by atoms with E-state index in [1.54, 1.807) is 36.7 Å². The summed E-state index contributed by atoms with van der Waals surface area (Å²) in [4.78, 5) is 25.9. The molecular formula is C29H28FN5O3. The number of aliphatic hydroxyl groups is 1. The first-order valence-electron chi connectivity index (χ1n) is 12.5. The molecule has 4 aromatic rings. The average Bonchev–Trinajstić information content (AvgIpc) is 3.28. The number of anilines is 2. The number of carbonyl (C=O) groups is 1. The van der Waals surface area contributed by atoms with Gasteiger partial charge in [0.25, 0.3) is 0 Å². The lowest BCUT2D eigenvalue weighted by Gasteiger charge is -2.23. The Hall–Kier alpha value is -4.37. The Morgan fingerprint density at radius 2 is 1.87 bits per heavy atom. The number of para-hydroxylation sites is 1. The van der Waals surface area contributed by atoms with Crippen molar-refractivity contribution in [3.63, 3.8) is 0 Å². The average molecular weight is 514 g/mol. The summed E-state index contributed by atoms with van der Waals surface area (Å²) < 4.78 is 21.2. The Balaban J connectivity index is 1.61. The van der Waals surface area contributed by atoms with Crippen LogP contribution in [-0.2, 0) is 9.53 Å². The summed E-state index contributed by atoms with van der Waals surface area (Å²) in [7, 11) is 0. The van der Waals surface area contributed by atoms with E-state index >= 15 is 0 Å². The molecule has 0 aliphatic carbocycles. The number of ether oxygens (including phenoxy) is 1. The summed E-state index contributed by atoms with van der Waals surface area (Å²) in [6.07, 6.45) is 4.19. The van der Waals surface area contributed by atoms with Crippen molar-refractivity contribution >= 4 is 23.8 Å². The van der Waals surface area contributed by atoms with Gasteiger partial charge >= 0.3 is 5.97 Å². The van der Waals surface area contributed by atoms with E-state index in [0.29, 0.717) is 29.5 Å². The van der Waals surface area contributed by atoms with E-state index in [2.05, 4.69) is 10.3 Å². The standard InChI is InChI=1S/C29H28FN5O3/c1-18(2)28-34-26(24-12-14-31-29(33-24)32-21-6-4-3-5-7-21)27(19-8-10-20(30)11-9-19)35(28)15-13-23-16-22(36)17-25(37)38-23/h3-15,18,22-23,36H,16-17H2,1-2H3,(H,31,32,33)/b15-13+. The van der Waals surface area contributed by atoms with E-state index in [1.165, 1.54) is 12.1 Å². The van der Waals surface area contributed by atoms with E-state index in [1.807, 2.05) is 48.7 Å². The third-order valence-corrected chi connectivity index (χ3v) is 6.14. The molecule has 2 N–H and O–H groups in total. The van der Waals surface area contributed by atoms with E-state index in [0.717, 1.165) is 17.1 Å². The van der Waals surface area contributed by atoms with Crippen LogP contribution >= 0.6 is 0 Å². The molecule has 2 unspecified atom stereocenters. The molecule has 1 fully saturated rings. The van der Waals surface area contributed by atoms with E-state index in [-0.39, 0.29) is 18.2 Å². The largest absolute Gasteiger partial charge is 0.458 e. The van der Waals surface area contributed by atoms with Gasteiger partial charge in [-0.2, -0.15) is 0 Å². The van der Waals surface area contributed by atoms with Crippen molar-refractivity contribution in [2.75, 3.05) is 5.32 Å². The fraction of sp³-hybridized carbons (Fsp3) is 0.241. The Labute approximate surface area is 219 Å². The van der Waals surface area contributed by atoms with Crippen LogP contribution in [0.3, 0.4) is 0 Å². The van der Waals surface area contributed by atoms with Gasteiger partial charge in [0.2, 0.25) is 5.95 Å². The van der Waals surface area contributed by atoms with Crippen LogP contribution in [0.25, 0.3) is 28.8 Å². The van der Waals surface area contributed by atoms with Crippen molar-refractivity contribution in [1.29, 1.82) is 0 Å². The highest BCUT2D eigenvalue weighted by Gasteiger charge is 2.26. The number of cyclic esters (lactones) is 1. The van der Waals surface area contributed by atoms with Gasteiger partial charge in [-0.25, -0.2) is 19.3 Å². The van der Waals surface area contributed by atoms with E-state index < -0.39 is 18.2 Å². The Bertz CT molecular complexity index is 1450. The lowest BCUT2D eigenvalue weighted by Crippen LogP contribution is -2.31. The Morgan fingerprint density at radius 3 is 2.58 bits per heavy atom. The van der Waals surface area contributed by atoms with Crippen molar-refractivity contribution in [1.82, 2.24) is 19.5 Å². The number of imidazole rings is 1. The number of nitrogens with one attached hydrogen (secondary N) is 1. The highest BCUT2D eigenvalue weighted by Crippen LogP contribution is 2.35. The van der Waals surface area contributed by atoms with Crippen LogP contribution < -0.4 is 5.32 Å². The monoisotopic (exact) mass is 513 g/mol. The predicted octanol–water partition coefficient (Wildman–Crippen LogP) is 5.55. The third kappa shape index (κ3) is 5.63. The van der Waals surface area contributed by atoms with Crippen LogP contribution in [-0.4, -0.2) is 42.8 Å². The molecule has 8 nitrogen and oxygen atoms in total. The van der Waals surface area contributed by atoms with Gasteiger partial charge in [0.05, 0.1) is 23.9 Å². The highest BCUT2D eigenvalue weighted by atomic mass is 19.1. The molecule has 3 heterocycles. The molecule has 38 heavy (non-hydrogen) atoms. The molecule has 1 saturated heterocycles. The summed E-state index contributed by atoms with van der Waals surface area (Å²) >= 11 is 0. The molecule has 0 amide bonds. The molecule has 5 rings (SSSR count). The van der Waals surface area contributed by atoms with Gasteiger partial charge in [-0.3, -0.25) is 4.79 Å². The topological polar surface area (TPSA) is 102 Å². The van der Waals surface area contributed by atoms with Crippen LogP contribution in [0.5, 0.6) is 0 Å². The van der Waals surface area contributed by atoms with Crippen molar-refractivity contribution < 1.29 is 19.0 Å². The van der Waals surface area contributed by atoms with Crippen molar-refractivity contribution in [2.24, 2.45) is 0 Å². The van der Waals surface area contributed by atoms with Gasteiger partial charge < -0.3 is 19.7 Å². The molecule has 0 bridgehead atoms. The summed E-state index contributed by atoms with van der Waals surface area (Å²) in [5.74, 6) is 0.399. The minimum Gasteiger partial charge on any atom is -0.458 e. The van der Waals surface area contributed by atoms with Gasteiger partial charge in [0.1, 0.15) is 23.4 Å². The van der Waals surface area contributed by atoms with Crippen molar-refractivity contribution in [3.05, 3.63) is 84.6 Å². The number of hydrogen-bond acceptors (Lipinski definition) is 7.